The summed E-state index contributed by atoms with van der Waals surface area (Å²) in [6.07, 6.45) is 3.95. The number of aromatic nitrogens is 2. The lowest BCUT2D eigenvalue weighted by Crippen LogP contribution is -2.31. The van der Waals surface area contributed by atoms with Crippen molar-refractivity contribution < 1.29 is 9.53 Å². The van der Waals surface area contributed by atoms with Gasteiger partial charge in [-0.05, 0) is 18.2 Å². The molecule has 3 rings (SSSR count). The van der Waals surface area contributed by atoms with Gasteiger partial charge in [0.15, 0.2) is 5.82 Å². The van der Waals surface area contributed by atoms with Crippen LogP contribution in [0.25, 0.3) is 0 Å². The predicted molar refractivity (Wildman–Crippen MR) is 92.7 cm³/mol. The van der Waals surface area contributed by atoms with Gasteiger partial charge in [-0.1, -0.05) is 17.7 Å². The van der Waals surface area contributed by atoms with Crippen LogP contribution in [-0.2, 0) is 0 Å². The molecule has 0 aliphatic carbocycles. The second kappa shape index (κ2) is 7.05. The van der Waals surface area contributed by atoms with Crippen LogP contribution in [-0.4, -0.2) is 54.1 Å². The molecule has 126 valence electrons. The minimum Gasteiger partial charge on any atom is -0.471 e. The van der Waals surface area contributed by atoms with Gasteiger partial charge in [-0.25, -0.2) is 0 Å². The fourth-order valence-corrected chi connectivity index (χ4v) is 2.78. The van der Waals surface area contributed by atoms with E-state index in [1.165, 1.54) is 0 Å². The fourth-order valence-electron chi connectivity index (χ4n) is 2.59. The SMILES string of the molecule is CN(C)c1cncc(OC2CCN(C(=O)c3cccc(Cl)c3)C2)n1. The average molecular weight is 347 g/mol. The molecule has 1 fully saturated rings. The Hall–Kier alpha value is -2.34. The van der Waals surface area contributed by atoms with Crippen molar-refractivity contribution in [3.63, 3.8) is 0 Å². The maximum absolute atomic E-state index is 12.5. The molecule has 0 N–H and O–H groups in total. The van der Waals surface area contributed by atoms with Gasteiger partial charge in [0.1, 0.15) is 6.10 Å². The minimum absolute atomic E-state index is 0.0308. The molecule has 7 heteroatoms. The number of nitrogens with zero attached hydrogens (tertiary/aromatic N) is 4. The topological polar surface area (TPSA) is 58.6 Å². The Morgan fingerprint density at radius 2 is 2.21 bits per heavy atom. The third-order valence-electron chi connectivity index (χ3n) is 3.85. The lowest BCUT2D eigenvalue weighted by atomic mass is 10.2. The first-order chi connectivity index (χ1) is 11.5. The number of carbonyl (C=O) groups is 1. The van der Waals surface area contributed by atoms with Crippen molar-refractivity contribution in [1.82, 2.24) is 14.9 Å². The quantitative estimate of drug-likeness (QED) is 0.851. The van der Waals surface area contributed by atoms with Gasteiger partial charge < -0.3 is 14.5 Å². The van der Waals surface area contributed by atoms with Crippen molar-refractivity contribution in [2.24, 2.45) is 0 Å². The molecule has 2 aromatic rings. The second-order valence-corrected chi connectivity index (χ2v) is 6.34. The molecule has 1 saturated heterocycles. The summed E-state index contributed by atoms with van der Waals surface area (Å²) < 4.78 is 5.89. The third-order valence-corrected chi connectivity index (χ3v) is 4.08. The summed E-state index contributed by atoms with van der Waals surface area (Å²) >= 11 is 5.96. The van der Waals surface area contributed by atoms with Gasteiger partial charge in [-0.2, -0.15) is 4.98 Å². The van der Waals surface area contributed by atoms with E-state index in [9.17, 15) is 4.79 Å². The lowest BCUT2D eigenvalue weighted by Gasteiger charge is -2.18. The number of hydrogen-bond acceptors (Lipinski definition) is 5. The molecule has 1 unspecified atom stereocenters. The van der Waals surface area contributed by atoms with E-state index in [0.717, 1.165) is 12.2 Å². The molecule has 1 atom stereocenters. The lowest BCUT2D eigenvalue weighted by molar-refractivity contribution is 0.0771. The van der Waals surface area contributed by atoms with Gasteiger partial charge in [0, 0.05) is 37.6 Å². The summed E-state index contributed by atoms with van der Waals surface area (Å²) in [4.78, 5) is 24.7. The van der Waals surface area contributed by atoms with Crippen LogP contribution in [0.4, 0.5) is 5.82 Å². The smallest absolute Gasteiger partial charge is 0.254 e. The highest BCUT2D eigenvalue weighted by atomic mass is 35.5. The summed E-state index contributed by atoms with van der Waals surface area (Å²) in [5.41, 5.74) is 0.595. The number of halogens is 1. The van der Waals surface area contributed by atoms with E-state index >= 15 is 0 Å². The molecule has 1 aliphatic rings. The largest absolute Gasteiger partial charge is 0.471 e. The average Bonchev–Trinajstić information content (AvgIpc) is 3.03. The zero-order valence-electron chi connectivity index (χ0n) is 13.6. The molecule has 1 aliphatic heterocycles. The first-order valence-electron chi connectivity index (χ1n) is 7.74. The zero-order valence-corrected chi connectivity index (χ0v) is 14.4. The van der Waals surface area contributed by atoms with Gasteiger partial charge in [0.25, 0.3) is 5.91 Å². The number of ether oxygens (including phenoxy) is 1. The van der Waals surface area contributed by atoms with Gasteiger partial charge >= 0.3 is 0 Å². The maximum Gasteiger partial charge on any atom is 0.254 e. The van der Waals surface area contributed by atoms with Crippen molar-refractivity contribution >= 4 is 23.3 Å². The molecule has 1 aromatic carbocycles. The van der Waals surface area contributed by atoms with E-state index in [0.29, 0.717) is 29.6 Å². The van der Waals surface area contributed by atoms with Crippen LogP contribution in [0.1, 0.15) is 16.8 Å². The van der Waals surface area contributed by atoms with Crippen LogP contribution < -0.4 is 9.64 Å². The third kappa shape index (κ3) is 3.76. The Morgan fingerprint density at radius 3 is 2.96 bits per heavy atom. The summed E-state index contributed by atoms with van der Waals surface area (Å²) in [6.45, 7) is 1.18. The summed E-state index contributed by atoms with van der Waals surface area (Å²) in [7, 11) is 3.80. The van der Waals surface area contributed by atoms with Crippen molar-refractivity contribution in [2.75, 3.05) is 32.1 Å². The molecule has 6 nitrogen and oxygen atoms in total. The minimum atomic E-state index is -0.0835. The summed E-state index contributed by atoms with van der Waals surface area (Å²) in [5, 5.41) is 0.559. The monoisotopic (exact) mass is 346 g/mol. The molecule has 1 amide bonds. The predicted octanol–water partition coefficient (Wildman–Crippen LogP) is 2.49. The van der Waals surface area contributed by atoms with Gasteiger partial charge in [0.05, 0.1) is 18.9 Å². The molecular formula is C17H19ClN4O2. The Morgan fingerprint density at radius 1 is 1.38 bits per heavy atom. The Labute approximate surface area is 146 Å². The molecule has 2 heterocycles. The standard InChI is InChI=1S/C17H19ClN4O2/c1-21(2)15-9-19-10-16(20-15)24-14-6-7-22(11-14)17(23)12-4-3-5-13(18)8-12/h3-5,8-10,14H,6-7,11H2,1-2H3. The van der Waals surface area contributed by atoms with Gasteiger partial charge in [-0.15, -0.1) is 0 Å². The van der Waals surface area contributed by atoms with Crippen LogP contribution in [0.5, 0.6) is 5.88 Å². The fraction of sp³-hybridized carbons (Fsp3) is 0.353. The maximum atomic E-state index is 12.5. The molecule has 0 bridgehead atoms. The van der Waals surface area contributed by atoms with Gasteiger partial charge in [-0.3, -0.25) is 9.78 Å². The van der Waals surface area contributed by atoms with Crippen LogP contribution >= 0.6 is 11.6 Å². The van der Waals surface area contributed by atoms with Gasteiger partial charge in [0.2, 0.25) is 5.88 Å². The highest BCUT2D eigenvalue weighted by Crippen LogP contribution is 2.20. The molecular weight excluding hydrogens is 328 g/mol. The summed E-state index contributed by atoms with van der Waals surface area (Å²) in [5.74, 6) is 1.18. The van der Waals surface area contributed by atoms with E-state index in [1.807, 2.05) is 19.0 Å². The molecule has 1 aromatic heterocycles. The first-order valence-corrected chi connectivity index (χ1v) is 8.11. The van der Waals surface area contributed by atoms with E-state index < -0.39 is 0 Å². The molecule has 0 spiro atoms. The summed E-state index contributed by atoms with van der Waals surface area (Å²) in [6, 6.07) is 6.99. The number of amides is 1. The first kappa shape index (κ1) is 16.5. The Kier molecular flexibility index (Phi) is 4.85. The van der Waals surface area contributed by atoms with Crippen molar-refractivity contribution in [3.05, 3.63) is 47.2 Å². The van der Waals surface area contributed by atoms with Crippen LogP contribution in [0.3, 0.4) is 0 Å². The van der Waals surface area contributed by atoms with E-state index in [4.69, 9.17) is 16.3 Å². The number of likely N-dealkylation sites (tertiary alicyclic amines) is 1. The van der Waals surface area contributed by atoms with E-state index in [1.54, 1.807) is 41.6 Å². The van der Waals surface area contributed by atoms with E-state index in [-0.39, 0.29) is 12.0 Å². The zero-order chi connectivity index (χ0) is 17.1. The number of rotatable bonds is 4. The molecule has 24 heavy (non-hydrogen) atoms. The van der Waals surface area contributed by atoms with Crippen LogP contribution in [0.2, 0.25) is 5.02 Å². The molecule has 0 radical (unpaired) electrons. The highest BCUT2D eigenvalue weighted by molar-refractivity contribution is 6.30. The second-order valence-electron chi connectivity index (χ2n) is 5.90. The van der Waals surface area contributed by atoms with Crippen molar-refractivity contribution in [2.45, 2.75) is 12.5 Å². The number of hydrogen-bond donors (Lipinski definition) is 0. The van der Waals surface area contributed by atoms with E-state index in [2.05, 4.69) is 9.97 Å². The normalized spacial score (nSPS) is 17.0. The number of anilines is 1. The Balaban J connectivity index is 1.63. The number of benzene rings is 1. The number of carbonyl (C=O) groups excluding carboxylic acids is 1. The van der Waals surface area contributed by atoms with Crippen LogP contribution in [0, 0.1) is 0 Å². The highest BCUT2D eigenvalue weighted by Gasteiger charge is 2.28. The Bertz CT molecular complexity index is 738. The molecule has 0 saturated carbocycles. The van der Waals surface area contributed by atoms with Crippen molar-refractivity contribution in [3.8, 4) is 5.88 Å². The van der Waals surface area contributed by atoms with Crippen LogP contribution in [0.15, 0.2) is 36.7 Å². The van der Waals surface area contributed by atoms with Crippen molar-refractivity contribution in [1.29, 1.82) is 0 Å².